The number of oxazole rings is 1. The van der Waals surface area contributed by atoms with E-state index in [1.165, 1.54) is 18.6 Å². The Morgan fingerprint density at radius 3 is 3.10 bits per heavy atom. The molecule has 3 rings (SSSR count). The summed E-state index contributed by atoms with van der Waals surface area (Å²) in [4.78, 5) is 14.4. The molecule has 1 aliphatic rings. The number of nitro benzene ring substituents is 1. The number of rotatable bonds is 4. The predicted octanol–water partition coefficient (Wildman–Crippen LogP) is 2.32. The SMILES string of the molecule is Cl.O=[N+]([O-])c1ccc2oc(NCC3CCCN3)nc2c1. The molecule has 0 aliphatic carbocycles. The fourth-order valence-corrected chi connectivity index (χ4v) is 2.25. The Morgan fingerprint density at radius 1 is 1.55 bits per heavy atom. The van der Waals surface area contributed by atoms with Crippen LogP contribution in [0.5, 0.6) is 0 Å². The number of nitrogens with one attached hydrogen (secondary N) is 2. The minimum Gasteiger partial charge on any atom is -0.424 e. The molecule has 1 aromatic carbocycles. The molecule has 0 spiro atoms. The lowest BCUT2D eigenvalue weighted by Crippen LogP contribution is -2.29. The van der Waals surface area contributed by atoms with Crippen LogP contribution in [0.4, 0.5) is 11.7 Å². The molecule has 1 fully saturated rings. The van der Waals surface area contributed by atoms with Gasteiger partial charge in [0.25, 0.3) is 11.7 Å². The number of nitro groups is 1. The van der Waals surface area contributed by atoms with E-state index in [1.54, 1.807) is 6.07 Å². The predicted molar refractivity (Wildman–Crippen MR) is 77.4 cm³/mol. The molecule has 8 heteroatoms. The molecule has 0 radical (unpaired) electrons. The first-order valence-electron chi connectivity index (χ1n) is 6.24. The van der Waals surface area contributed by atoms with E-state index in [9.17, 15) is 10.1 Å². The van der Waals surface area contributed by atoms with E-state index in [2.05, 4.69) is 15.6 Å². The molecule has 1 saturated heterocycles. The highest BCUT2D eigenvalue weighted by Gasteiger charge is 2.15. The van der Waals surface area contributed by atoms with Gasteiger partial charge in [-0.1, -0.05) is 0 Å². The van der Waals surface area contributed by atoms with Gasteiger partial charge in [-0.05, 0) is 25.5 Å². The van der Waals surface area contributed by atoms with Gasteiger partial charge >= 0.3 is 0 Å². The van der Waals surface area contributed by atoms with Crippen LogP contribution in [-0.2, 0) is 0 Å². The Labute approximate surface area is 121 Å². The highest BCUT2D eigenvalue weighted by Crippen LogP contribution is 2.23. The molecule has 1 aromatic heterocycles. The standard InChI is InChI=1S/C12H14N4O3.ClH/c17-16(18)9-3-4-11-10(6-9)15-12(19-11)14-7-8-2-1-5-13-8;/h3-4,6,8,13H,1-2,5,7H2,(H,14,15);1H. The average molecular weight is 299 g/mol. The summed E-state index contributed by atoms with van der Waals surface area (Å²) in [6.45, 7) is 1.79. The first-order chi connectivity index (χ1) is 9.22. The van der Waals surface area contributed by atoms with Crippen LogP contribution in [0.2, 0.25) is 0 Å². The molecular weight excluding hydrogens is 284 g/mol. The lowest BCUT2D eigenvalue weighted by atomic mass is 10.2. The molecule has 7 nitrogen and oxygen atoms in total. The van der Waals surface area contributed by atoms with E-state index in [1.807, 2.05) is 0 Å². The number of halogens is 1. The Morgan fingerprint density at radius 2 is 2.40 bits per heavy atom. The Balaban J connectivity index is 0.00000147. The van der Waals surface area contributed by atoms with Crippen LogP contribution in [0.15, 0.2) is 22.6 Å². The number of hydrogen-bond donors (Lipinski definition) is 2. The zero-order valence-corrected chi connectivity index (χ0v) is 11.5. The number of nitrogens with zero attached hydrogens (tertiary/aromatic N) is 2. The van der Waals surface area contributed by atoms with Crippen molar-refractivity contribution < 1.29 is 9.34 Å². The van der Waals surface area contributed by atoms with Gasteiger partial charge in [0.05, 0.1) is 4.92 Å². The summed E-state index contributed by atoms with van der Waals surface area (Å²) in [5.41, 5.74) is 1.06. The number of aromatic nitrogens is 1. The fourth-order valence-electron chi connectivity index (χ4n) is 2.25. The summed E-state index contributed by atoms with van der Waals surface area (Å²) in [7, 11) is 0. The van der Waals surface area contributed by atoms with Crippen LogP contribution in [0.3, 0.4) is 0 Å². The fraction of sp³-hybridized carbons (Fsp3) is 0.417. The molecule has 1 aliphatic heterocycles. The molecule has 1 unspecified atom stereocenters. The number of non-ortho nitro benzene ring substituents is 1. The third-order valence-corrected chi connectivity index (χ3v) is 3.24. The zero-order chi connectivity index (χ0) is 13.2. The van der Waals surface area contributed by atoms with Crippen LogP contribution in [0, 0.1) is 10.1 Å². The minimum absolute atomic E-state index is 0. The van der Waals surface area contributed by atoms with Gasteiger partial charge < -0.3 is 15.1 Å². The van der Waals surface area contributed by atoms with E-state index >= 15 is 0 Å². The van der Waals surface area contributed by atoms with Gasteiger partial charge in [-0.15, -0.1) is 12.4 Å². The van der Waals surface area contributed by atoms with Crippen molar-refractivity contribution in [3.63, 3.8) is 0 Å². The van der Waals surface area contributed by atoms with Crippen molar-refractivity contribution in [2.45, 2.75) is 18.9 Å². The molecule has 0 saturated carbocycles. The molecule has 0 bridgehead atoms. The quantitative estimate of drug-likeness (QED) is 0.664. The number of fused-ring (bicyclic) bond motifs is 1. The van der Waals surface area contributed by atoms with Gasteiger partial charge in [0, 0.05) is 24.7 Å². The first kappa shape index (κ1) is 14.5. The minimum atomic E-state index is -0.441. The Hall–Kier alpha value is -1.86. The molecule has 2 aromatic rings. The largest absolute Gasteiger partial charge is 0.424 e. The van der Waals surface area contributed by atoms with E-state index in [0.29, 0.717) is 23.2 Å². The number of benzene rings is 1. The monoisotopic (exact) mass is 298 g/mol. The lowest BCUT2D eigenvalue weighted by Gasteiger charge is -2.09. The summed E-state index contributed by atoms with van der Waals surface area (Å²) >= 11 is 0. The highest BCUT2D eigenvalue weighted by atomic mass is 35.5. The maximum absolute atomic E-state index is 10.7. The highest BCUT2D eigenvalue weighted by molar-refractivity contribution is 5.85. The van der Waals surface area contributed by atoms with Gasteiger partial charge in [-0.2, -0.15) is 4.98 Å². The maximum atomic E-state index is 10.7. The van der Waals surface area contributed by atoms with Crippen molar-refractivity contribution in [2.24, 2.45) is 0 Å². The van der Waals surface area contributed by atoms with Crippen molar-refractivity contribution in [1.82, 2.24) is 10.3 Å². The van der Waals surface area contributed by atoms with E-state index in [4.69, 9.17) is 4.42 Å². The van der Waals surface area contributed by atoms with Gasteiger partial charge in [-0.3, -0.25) is 10.1 Å². The summed E-state index contributed by atoms with van der Waals surface area (Å²) in [5.74, 6) is 0. The molecule has 0 amide bonds. The second-order valence-corrected chi connectivity index (χ2v) is 4.60. The molecule has 2 heterocycles. The van der Waals surface area contributed by atoms with E-state index < -0.39 is 4.92 Å². The van der Waals surface area contributed by atoms with Crippen LogP contribution in [0.1, 0.15) is 12.8 Å². The maximum Gasteiger partial charge on any atom is 0.295 e. The normalized spacial score (nSPS) is 17.9. The van der Waals surface area contributed by atoms with Gasteiger partial charge in [0.15, 0.2) is 5.58 Å². The third-order valence-electron chi connectivity index (χ3n) is 3.24. The topological polar surface area (TPSA) is 93.2 Å². The van der Waals surface area contributed by atoms with Crippen LogP contribution in [0.25, 0.3) is 11.1 Å². The Bertz CT molecular complexity index is 610. The second kappa shape index (κ2) is 6.06. The van der Waals surface area contributed by atoms with Gasteiger partial charge in [0.2, 0.25) is 0 Å². The van der Waals surface area contributed by atoms with Crippen LogP contribution >= 0.6 is 12.4 Å². The zero-order valence-electron chi connectivity index (χ0n) is 10.7. The average Bonchev–Trinajstić information content (AvgIpc) is 3.04. The summed E-state index contributed by atoms with van der Waals surface area (Å²) in [6.07, 6.45) is 2.32. The van der Waals surface area contributed by atoms with Crippen molar-refractivity contribution in [3.05, 3.63) is 28.3 Å². The Kier molecular flexibility index (Phi) is 4.41. The van der Waals surface area contributed by atoms with E-state index in [-0.39, 0.29) is 18.1 Å². The molecule has 20 heavy (non-hydrogen) atoms. The number of anilines is 1. The van der Waals surface area contributed by atoms with E-state index in [0.717, 1.165) is 19.5 Å². The molecule has 1 atom stereocenters. The van der Waals surface area contributed by atoms with Crippen molar-refractivity contribution >= 4 is 35.2 Å². The second-order valence-electron chi connectivity index (χ2n) is 4.60. The first-order valence-corrected chi connectivity index (χ1v) is 6.24. The summed E-state index contributed by atoms with van der Waals surface area (Å²) in [5, 5.41) is 17.2. The van der Waals surface area contributed by atoms with Crippen LogP contribution < -0.4 is 10.6 Å². The van der Waals surface area contributed by atoms with Crippen LogP contribution in [-0.4, -0.2) is 29.0 Å². The molecule has 108 valence electrons. The van der Waals surface area contributed by atoms with Crippen molar-refractivity contribution in [1.29, 1.82) is 0 Å². The van der Waals surface area contributed by atoms with Gasteiger partial charge in [-0.25, -0.2) is 0 Å². The summed E-state index contributed by atoms with van der Waals surface area (Å²) in [6, 6.07) is 5.24. The molecular formula is C12H15ClN4O3. The van der Waals surface area contributed by atoms with Gasteiger partial charge in [0.1, 0.15) is 5.52 Å². The number of hydrogen-bond acceptors (Lipinski definition) is 6. The van der Waals surface area contributed by atoms with Crippen molar-refractivity contribution in [2.75, 3.05) is 18.4 Å². The third kappa shape index (κ3) is 3.00. The smallest absolute Gasteiger partial charge is 0.295 e. The molecule has 2 N–H and O–H groups in total. The lowest BCUT2D eigenvalue weighted by molar-refractivity contribution is -0.384. The summed E-state index contributed by atoms with van der Waals surface area (Å²) < 4.78 is 5.49. The van der Waals surface area contributed by atoms with Crippen molar-refractivity contribution in [3.8, 4) is 0 Å².